The molecule has 0 saturated carbocycles. The van der Waals surface area contributed by atoms with Gasteiger partial charge in [-0.3, -0.25) is 4.79 Å². The van der Waals surface area contributed by atoms with Crippen LogP contribution in [0.2, 0.25) is 5.02 Å². The molecule has 1 aromatic carbocycles. The van der Waals surface area contributed by atoms with E-state index < -0.39 is 12.0 Å². The topological polar surface area (TPSA) is 46.5 Å². The summed E-state index contributed by atoms with van der Waals surface area (Å²) < 4.78 is 5.15. The van der Waals surface area contributed by atoms with Gasteiger partial charge in [0.05, 0.1) is 12.7 Å². The van der Waals surface area contributed by atoms with Gasteiger partial charge in [0, 0.05) is 11.4 Å². The first kappa shape index (κ1) is 21.1. The number of aliphatic hydroxyl groups is 1. The van der Waals surface area contributed by atoms with Crippen molar-refractivity contribution in [2.24, 2.45) is 16.7 Å². The number of benzene rings is 1. The molecule has 1 aliphatic heterocycles. The molecular formula is C24H31ClO3. The van der Waals surface area contributed by atoms with Crippen LogP contribution in [0.25, 0.3) is 5.57 Å². The van der Waals surface area contributed by atoms with E-state index in [1.54, 1.807) is 0 Å². The predicted octanol–water partition coefficient (Wildman–Crippen LogP) is 5.73. The fourth-order valence-corrected chi connectivity index (χ4v) is 4.99. The molecule has 1 N–H and O–H groups in total. The minimum Gasteiger partial charge on any atom is -0.465 e. The van der Waals surface area contributed by atoms with Crippen molar-refractivity contribution in [3.63, 3.8) is 0 Å². The minimum atomic E-state index is -0.678. The molecule has 0 bridgehead atoms. The molecule has 2 atom stereocenters. The highest BCUT2D eigenvalue weighted by atomic mass is 35.5. The van der Waals surface area contributed by atoms with E-state index in [1.165, 1.54) is 16.7 Å². The monoisotopic (exact) mass is 402 g/mol. The second-order valence-electron chi connectivity index (χ2n) is 9.67. The molecule has 1 saturated heterocycles. The molecule has 0 amide bonds. The van der Waals surface area contributed by atoms with Gasteiger partial charge in [0.25, 0.3) is 0 Å². The molecule has 0 unspecified atom stereocenters. The first-order valence-corrected chi connectivity index (χ1v) is 10.4. The highest BCUT2D eigenvalue weighted by molar-refractivity contribution is 6.31. The lowest BCUT2D eigenvalue weighted by molar-refractivity contribution is -0.157. The zero-order valence-electron chi connectivity index (χ0n) is 17.5. The van der Waals surface area contributed by atoms with Gasteiger partial charge in [0.2, 0.25) is 0 Å². The molecule has 4 heteroatoms. The van der Waals surface area contributed by atoms with Crippen LogP contribution in [0.1, 0.15) is 58.1 Å². The smallest absolute Gasteiger partial charge is 0.315 e. The molecule has 2 aliphatic rings. The number of allylic oxidation sites excluding steroid dienone is 3. The molecule has 152 valence electrons. The van der Waals surface area contributed by atoms with Crippen LogP contribution >= 0.6 is 11.6 Å². The van der Waals surface area contributed by atoms with Crippen molar-refractivity contribution >= 4 is 23.1 Å². The third-order valence-corrected chi connectivity index (χ3v) is 6.38. The van der Waals surface area contributed by atoms with Crippen molar-refractivity contribution in [3.8, 4) is 0 Å². The molecule has 3 rings (SSSR count). The first-order valence-electron chi connectivity index (χ1n) is 10.0. The predicted molar refractivity (Wildman–Crippen MR) is 114 cm³/mol. The first-order chi connectivity index (χ1) is 13.0. The quantitative estimate of drug-likeness (QED) is 0.657. The van der Waals surface area contributed by atoms with Gasteiger partial charge in [-0.2, -0.15) is 0 Å². The molecule has 0 aromatic heterocycles. The lowest BCUT2D eigenvalue weighted by Crippen LogP contribution is -2.35. The SMILES string of the molecule is Cc1cc(C2=C(/C=C/[C@@H]3C(=O)OCC[C@H]3O)C(C)(C)CC(C)(C)C2)ccc1Cl. The van der Waals surface area contributed by atoms with Gasteiger partial charge in [-0.15, -0.1) is 0 Å². The van der Waals surface area contributed by atoms with Crippen LogP contribution in [-0.2, 0) is 9.53 Å². The Morgan fingerprint density at radius 2 is 1.96 bits per heavy atom. The zero-order chi connectivity index (χ0) is 20.7. The average molecular weight is 403 g/mol. The summed E-state index contributed by atoms with van der Waals surface area (Å²) >= 11 is 6.25. The summed E-state index contributed by atoms with van der Waals surface area (Å²) in [5.41, 5.74) is 4.86. The van der Waals surface area contributed by atoms with E-state index in [0.29, 0.717) is 13.0 Å². The van der Waals surface area contributed by atoms with Crippen LogP contribution in [0.4, 0.5) is 0 Å². The van der Waals surface area contributed by atoms with Crippen LogP contribution < -0.4 is 0 Å². The molecule has 0 radical (unpaired) electrons. The van der Waals surface area contributed by atoms with Gasteiger partial charge in [-0.25, -0.2) is 0 Å². The number of ether oxygens (including phenoxy) is 1. The van der Waals surface area contributed by atoms with Crippen LogP contribution in [0.15, 0.2) is 35.9 Å². The highest BCUT2D eigenvalue weighted by Gasteiger charge is 2.39. The van der Waals surface area contributed by atoms with Gasteiger partial charge in [0.1, 0.15) is 5.92 Å². The van der Waals surface area contributed by atoms with Crippen LogP contribution in [-0.4, -0.2) is 23.8 Å². The number of carbonyl (C=O) groups excluding carboxylic acids is 1. The van der Waals surface area contributed by atoms with Gasteiger partial charge in [-0.05, 0) is 58.9 Å². The van der Waals surface area contributed by atoms with Crippen molar-refractivity contribution in [2.75, 3.05) is 6.61 Å². The van der Waals surface area contributed by atoms with E-state index >= 15 is 0 Å². The molecular weight excluding hydrogens is 372 g/mol. The average Bonchev–Trinajstić information content (AvgIpc) is 2.56. The lowest BCUT2D eigenvalue weighted by Gasteiger charge is -2.43. The molecule has 1 fully saturated rings. The van der Waals surface area contributed by atoms with E-state index in [0.717, 1.165) is 23.4 Å². The Hall–Kier alpha value is -1.58. The Balaban J connectivity index is 2.09. The van der Waals surface area contributed by atoms with Crippen LogP contribution in [0, 0.1) is 23.7 Å². The van der Waals surface area contributed by atoms with Crippen LogP contribution in [0.5, 0.6) is 0 Å². The van der Waals surface area contributed by atoms with Gasteiger partial charge in [-0.1, -0.05) is 63.6 Å². The lowest BCUT2D eigenvalue weighted by atomic mass is 9.61. The number of halogens is 1. The van der Waals surface area contributed by atoms with E-state index in [-0.39, 0.29) is 16.8 Å². The Labute approximate surface area is 173 Å². The summed E-state index contributed by atoms with van der Waals surface area (Å²) in [6.07, 6.45) is 5.70. The normalized spacial score (nSPS) is 27.2. The van der Waals surface area contributed by atoms with Gasteiger partial charge >= 0.3 is 5.97 Å². The molecule has 1 aliphatic carbocycles. The van der Waals surface area contributed by atoms with E-state index in [2.05, 4.69) is 45.9 Å². The molecule has 3 nitrogen and oxygen atoms in total. The zero-order valence-corrected chi connectivity index (χ0v) is 18.3. The Kier molecular flexibility index (Phi) is 5.80. The molecule has 1 heterocycles. The van der Waals surface area contributed by atoms with Crippen molar-refractivity contribution < 1.29 is 14.6 Å². The van der Waals surface area contributed by atoms with Crippen molar-refractivity contribution in [1.29, 1.82) is 0 Å². The second kappa shape index (κ2) is 7.68. The minimum absolute atomic E-state index is 0.0509. The van der Waals surface area contributed by atoms with Gasteiger partial charge < -0.3 is 9.84 Å². The van der Waals surface area contributed by atoms with E-state index in [9.17, 15) is 9.90 Å². The van der Waals surface area contributed by atoms with Crippen LogP contribution in [0.3, 0.4) is 0 Å². The fourth-order valence-electron chi connectivity index (χ4n) is 4.87. The maximum absolute atomic E-state index is 12.1. The maximum Gasteiger partial charge on any atom is 0.315 e. The fraction of sp³-hybridized carbons (Fsp3) is 0.542. The van der Waals surface area contributed by atoms with Gasteiger partial charge in [0.15, 0.2) is 0 Å². The Morgan fingerprint density at radius 1 is 1.25 bits per heavy atom. The largest absolute Gasteiger partial charge is 0.465 e. The molecule has 28 heavy (non-hydrogen) atoms. The molecule has 1 aromatic rings. The summed E-state index contributed by atoms with van der Waals surface area (Å²) in [6, 6.07) is 6.18. The van der Waals surface area contributed by atoms with E-state index in [1.807, 2.05) is 19.1 Å². The summed E-state index contributed by atoms with van der Waals surface area (Å²) in [5, 5.41) is 11.0. The number of aliphatic hydroxyl groups excluding tert-OH is 1. The van der Waals surface area contributed by atoms with Crippen molar-refractivity contribution in [2.45, 2.75) is 60.0 Å². The molecule has 0 spiro atoms. The summed E-state index contributed by atoms with van der Waals surface area (Å²) in [6.45, 7) is 11.4. The standard InChI is InChI=1S/C24H31ClO3/c1-15-12-16(6-9-20(15)25)18-13-23(2,3)14-24(4,5)19(18)8-7-17-21(26)10-11-28-22(17)27/h6-9,12,17,21,26H,10-11,13-14H2,1-5H3/b8-7+/t17-,21+/m0/s1. The second-order valence-corrected chi connectivity index (χ2v) is 10.1. The summed E-state index contributed by atoms with van der Waals surface area (Å²) in [4.78, 5) is 12.1. The number of hydrogen-bond donors (Lipinski definition) is 1. The number of cyclic esters (lactones) is 1. The Morgan fingerprint density at radius 3 is 2.61 bits per heavy atom. The number of esters is 1. The van der Waals surface area contributed by atoms with Crippen molar-refractivity contribution in [3.05, 3.63) is 52.1 Å². The third kappa shape index (κ3) is 4.36. The maximum atomic E-state index is 12.1. The number of carbonyl (C=O) groups is 1. The summed E-state index contributed by atoms with van der Waals surface area (Å²) in [7, 11) is 0. The van der Waals surface area contributed by atoms with E-state index in [4.69, 9.17) is 16.3 Å². The number of rotatable bonds is 3. The van der Waals surface area contributed by atoms with Crippen molar-refractivity contribution in [1.82, 2.24) is 0 Å². The summed E-state index contributed by atoms with van der Waals surface area (Å²) in [5.74, 6) is -0.936. The number of aryl methyl sites for hydroxylation is 1. The number of hydrogen-bond acceptors (Lipinski definition) is 3. The Bertz CT molecular complexity index is 832. The third-order valence-electron chi connectivity index (χ3n) is 5.95. The highest BCUT2D eigenvalue weighted by Crippen LogP contribution is 2.52.